The van der Waals surface area contributed by atoms with Gasteiger partial charge in [-0.2, -0.15) is 0 Å². The fourth-order valence-electron chi connectivity index (χ4n) is 4.45. The van der Waals surface area contributed by atoms with Gasteiger partial charge in [-0.1, -0.05) is 103 Å². The van der Waals surface area contributed by atoms with E-state index in [4.69, 9.17) is 5.73 Å². The van der Waals surface area contributed by atoms with Crippen LogP contribution >= 0.6 is 0 Å². The van der Waals surface area contributed by atoms with Gasteiger partial charge in [0.2, 0.25) is 11.8 Å². The Bertz CT molecular complexity index is 522. The Morgan fingerprint density at radius 1 is 0.667 bits per heavy atom. The van der Waals surface area contributed by atoms with E-state index in [1.54, 1.807) is 0 Å². The zero-order chi connectivity index (χ0) is 26.5. The van der Waals surface area contributed by atoms with Crippen molar-refractivity contribution in [3.05, 3.63) is 12.2 Å². The first-order chi connectivity index (χ1) is 17.7. The average molecular weight is 508 g/mol. The van der Waals surface area contributed by atoms with E-state index < -0.39 is 6.04 Å². The molecule has 0 rings (SSSR count). The van der Waals surface area contributed by atoms with Crippen LogP contribution < -0.4 is 16.4 Å². The Balaban J connectivity index is 3.87. The van der Waals surface area contributed by atoms with Crippen molar-refractivity contribution < 1.29 is 9.59 Å². The van der Waals surface area contributed by atoms with E-state index in [0.717, 1.165) is 38.5 Å². The Kier molecular flexibility index (Phi) is 27.1. The summed E-state index contributed by atoms with van der Waals surface area (Å²) in [6, 6.07) is -0.428. The van der Waals surface area contributed by atoms with Crippen molar-refractivity contribution >= 4 is 11.8 Å². The van der Waals surface area contributed by atoms with Crippen LogP contribution in [0.3, 0.4) is 0 Å². The smallest absolute Gasteiger partial charge is 0.242 e. The van der Waals surface area contributed by atoms with E-state index in [2.05, 4.69) is 36.6 Å². The molecule has 0 aliphatic heterocycles. The third-order valence-corrected chi connectivity index (χ3v) is 6.84. The highest BCUT2D eigenvalue weighted by Crippen LogP contribution is 2.10. The van der Waals surface area contributed by atoms with Crippen molar-refractivity contribution in [3.8, 4) is 0 Å². The van der Waals surface area contributed by atoms with Gasteiger partial charge in [0, 0.05) is 13.0 Å². The fourth-order valence-corrected chi connectivity index (χ4v) is 4.45. The zero-order valence-electron chi connectivity index (χ0n) is 24.1. The van der Waals surface area contributed by atoms with Crippen LogP contribution in [0, 0.1) is 0 Å². The average Bonchev–Trinajstić information content (AvgIpc) is 2.87. The van der Waals surface area contributed by atoms with Crippen LogP contribution in [0.4, 0.5) is 0 Å². The van der Waals surface area contributed by atoms with E-state index in [0.29, 0.717) is 25.9 Å². The molecule has 5 nitrogen and oxygen atoms in total. The molecule has 2 amide bonds. The molecule has 0 bridgehead atoms. The summed E-state index contributed by atoms with van der Waals surface area (Å²) in [5.41, 5.74) is 5.61. The van der Waals surface area contributed by atoms with Crippen LogP contribution in [0.2, 0.25) is 0 Å². The lowest BCUT2D eigenvalue weighted by Crippen LogP contribution is -2.47. The first-order valence-corrected chi connectivity index (χ1v) is 15.6. The molecule has 5 heteroatoms. The highest BCUT2D eigenvalue weighted by atomic mass is 16.2. The summed E-state index contributed by atoms with van der Waals surface area (Å²) in [5.74, 6) is -0.0381. The summed E-state index contributed by atoms with van der Waals surface area (Å²) in [5, 5.41) is 6.01. The fraction of sp³-hybridized carbons (Fsp3) is 0.871. The molecule has 1 unspecified atom stereocenters. The Labute approximate surface area is 224 Å². The van der Waals surface area contributed by atoms with Crippen molar-refractivity contribution in [2.24, 2.45) is 5.73 Å². The second-order valence-electron chi connectivity index (χ2n) is 10.4. The van der Waals surface area contributed by atoms with Crippen molar-refractivity contribution in [1.29, 1.82) is 0 Å². The van der Waals surface area contributed by atoms with Gasteiger partial charge >= 0.3 is 0 Å². The maximum absolute atomic E-state index is 12.6. The van der Waals surface area contributed by atoms with Crippen LogP contribution in [-0.2, 0) is 9.59 Å². The molecule has 0 saturated heterocycles. The van der Waals surface area contributed by atoms with Gasteiger partial charge in [0.15, 0.2) is 0 Å². The van der Waals surface area contributed by atoms with Gasteiger partial charge in [-0.3, -0.25) is 9.59 Å². The summed E-state index contributed by atoms with van der Waals surface area (Å²) in [6.07, 6.45) is 29.7. The molecule has 0 aliphatic rings. The van der Waals surface area contributed by atoms with Gasteiger partial charge in [-0.05, 0) is 64.3 Å². The lowest BCUT2D eigenvalue weighted by Gasteiger charge is -2.18. The molecule has 0 aromatic rings. The topological polar surface area (TPSA) is 84.2 Å². The monoisotopic (exact) mass is 507 g/mol. The second kappa shape index (κ2) is 28.2. The molecule has 0 spiro atoms. The number of amides is 2. The van der Waals surface area contributed by atoms with Crippen LogP contribution in [0.5, 0.6) is 0 Å². The van der Waals surface area contributed by atoms with Crippen LogP contribution in [0.25, 0.3) is 0 Å². The molecule has 0 heterocycles. The third kappa shape index (κ3) is 24.3. The molecule has 0 saturated carbocycles. The third-order valence-electron chi connectivity index (χ3n) is 6.84. The Morgan fingerprint density at radius 2 is 1.19 bits per heavy atom. The summed E-state index contributed by atoms with van der Waals surface area (Å²) < 4.78 is 0. The van der Waals surface area contributed by atoms with Gasteiger partial charge in [-0.15, -0.1) is 0 Å². The standard InChI is InChI=1S/C31H61N3O2/c1-3-5-7-9-10-11-12-13-14-15-16-17-18-19-21-26-30(35)34-29(25-22-23-27-32)31(36)33-28-24-20-8-6-4-2/h13-14,29H,3-12,15-28,32H2,1-2H3,(H,33,36)(H,34,35). The van der Waals surface area contributed by atoms with E-state index in [9.17, 15) is 9.59 Å². The van der Waals surface area contributed by atoms with Crippen molar-refractivity contribution in [2.45, 2.75) is 161 Å². The SMILES string of the molecule is CCCCCCCCC=CCCCCCCCC(=O)NC(CCCCN)C(=O)NCCCCCCC. The lowest BCUT2D eigenvalue weighted by atomic mass is 10.1. The molecule has 0 aromatic heterocycles. The molecule has 0 aromatic carbocycles. The van der Waals surface area contributed by atoms with Gasteiger partial charge in [-0.25, -0.2) is 0 Å². The van der Waals surface area contributed by atoms with Crippen molar-refractivity contribution in [1.82, 2.24) is 10.6 Å². The molecule has 0 fully saturated rings. The molecule has 212 valence electrons. The van der Waals surface area contributed by atoms with Crippen LogP contribution in [0.1, 0.15) is 155 Å². The molecular formula is C31H61N3O2. The van der Waals surface area contributed by atoms with Crippen molar-refractivity contribution in [2.75, 3.05) is 13.1 Å². The summed E-state index contributed by atoms with van der Waals surface area (Å²) in [4.78, 5) is 25.1. The number of hydrogen-bond acceptors (Lipinski definition) is 3. The maximum Gasteiger partial charge on any atom is 0.242 e. The highest BCUT2D eigenvalue weighted by molar-refractivity contribution is 5.87. The van der Waals surface area contributed by atoms with Gasteiger partial charge in [0.25, 0.3) is 0 Å². The minimum absolute atomic E-state index is 0.00321. The first kappa shape index (κ1) is 34.6. The molecular weight excluding hydrogens is 446 g/mol. The largest absolute Gasteiger partial charge is 0.354 e. The minimum Gasteiger partial charge on any atom is -0.354 e. The predicted octanol–water partition coefficient (Wildman–Crippen LogP) is 7.72. The van der Waals surface area contributed by atoms with E-state index in [1.807, 2.05) is 0 Å². The number of carbonyl (C=O) groups excluding carboxylic acids is 2. The van der Waals surface area contributed by atoms with Crippen LogP contribution in [0.15, 0.2) is 12.2 Å². The van der Waals surface area contributed by atoms with Crippen molar-refractivity contribution in [3.63, 3.8) is 0 Å². The number of rotatable bonds is 27. The quantitative estimate of drug-likeness (QED) is 0.0785. The number of nitrogens with one attached hydrogen (secondary N) is 2. The normalized spacial score (nSPS) is 12.2. The van der Waals surface area contributed by atoms with E-state index in [-0.39, 0.29) is 11.8 Å². The summed E-state index contributed by atoms with van der Waals surface area (Å²) >= 11 is 0. The zero-order valence-corrected chi connectivity index (χ0v) is 24.1. The van der Waals surface area contributed by atoms with Gasteiger partial charge < -0.3 is 16.4 Å². The van der Waals surface area contributed by atoms with Gasteiger partial charge in [0.05, 0.1) is 0 Å². The van der Waals surface area contributed by atoms with Gasteiger partial charge in [0.1, 0.15) is 6.04 Å². The number of unbranched alkanes of at least 4 members (excludes halogenated alkanes) is 16. The first-order valence-electron chi connectivity index (χ1n) is 15.6. The lowest BCUT2D eigenvalue weighted by molar-refractivity contribution is -0.129. The highest BCUT2D eigenvalue weighted by Gasteiger charge is 2.19. The predicted molar refractivity (Wildman–Crippen MR) is 156 cm³/mol. The summed E-state index contributed by atoms with van der Waals surface area (Å²) in [6.45, 7) is 5.78. The molecule has 0 radical (unpaired) electrons. The molecule has 1 atom stereocenters. The van der Waals surface area contributed by atoms with E-state index >= 15 is 0 Å². The Hall–Kier alpha value is -1.36. The summed E-state index contributed by atoms with van der Waals surface area (Å²) in [7, 11) is 0. The number of nitrogens with two attached hydrogens (primary N) is 1. The number of hydrogen-bond donors (Lipinski definition) is 3. The van der Waals surface area contributed by atoms with Crippen LogP contribution in [-0.4, -0.2) is 30.9 Å². The second-order valence-corrected chi connectivity index (χ2v) is 10.4. The maximum atomic E-state index is 12.6. The Morgan fingerprint density at radius 3 is 1.78 bits per heavy atom. The minimum atomic E-state index is -0.428. The molecule has 36 heavy (non-hydrogen) atoms. The molecule has 0 aliphatic carbocycles. The molecule has 4 N–H and O–H groups in total. The number of carbonyl (C=O) groups is 2. The number of allylic oxidation sites excluding steroid dienone is 2. The van der Waals surface area contributed by atoms with E-state index in [1.165, 1.54) is 89.9 Å².